The molecule has 5 nitrogen and oxygen atoms in total. The normalized spacial score (nSPS) is 26.9. The van der Waals surface area contributed by atoms with Gasteiger partial charge in [0.1, 0.15) is 17.7 Å². The molecule has 1 spiro atoms. The molecule has 3 N–H and O–H groups in total. The second kappa shape index (κ2) is 4.66. The van der Waals surface area contributed by atoms with E-state index in [0.29, 0.717) is 12.5 Å². The first kappa shape index (κ1) is 14.2. The molecule has 2 fully saturated rings. The maximum atomic E-state index is 12.6. The van der Waals surface area contributed by atoms with E-state index in [1.807, 2.05) is 0 Å². The maximum Gasteiger partial charge on any atom is 0.433 e. The number of hydrogen-bond donors (Lipinski definition) is 2. The lowest BCUT2D eigenvalue weighted by atomic mass is 9.50. The highest BCUT2D eigenvalue weighted by atomic mass is 19.4. The van der Waals surface area contributed by atoms with Crippen molar-refractivity contribution in [3.63, 3.8) is 0 Å². The Labute approximate surface area is 119 Å². The fourth-order valence-electron chi connectivity index (χ4n) is 3.20. The van der Waals surface area contributed by atoms with Gasteiger partial charge in [-0.25, -0.2) is 9.97 Å². The molecule has 114 valence electrons. The van der Waals surface area contributed by atoms with E-state index < -0.39 is 17.8 Å². The summed E-state index contributed by atoms with van der Waals surface area (Å²) in [6.45, 7) is 0. The van der Waals surface area contributed by atoms with Gasteiger partial charge in [-0.15, -0.1) is 0 Å². The lowest BCUT2D eigenvalue weighted by molar-refractivity contribution is -0.141. The van der Waals surface area contributed by atoms with Crippen molar-refractivity contribution in [2.24, 2.45) is 11.1 Å². The van der Waals surface area contributed by atoms with Gasteiger partial charge < -0.3 is 11.1 Å². The lowest BCUT2D eigenvalue weighted by Gasteiger charge is -2.60. The van der Waals surface area contributed by atoms with Crippen molar-refractivity contribution in [1.29, 1.82) is 0 Å². The summed E-state index contributed by atoms with van der Waals surface area (Å²) in [5, 5.41) is 2.76. The summed E-state index contributed by atoms with van der Waals surface area (Å²) in [6.07, 6.45) is -0.197. The summed E-state index contributed by atoms with van der Waals surface area (Å²) in [5.41, 5.74) is 4.53. The third-order valence-electron chi connectivity index (χ3n) is 4.70. The third kappa shape index (κ3) is 2.27. The molecule has 8 heteroatoms. The van der Waals surface area contributed by atoms with E-state index in [9.17, 15) is 18.0 Å². The van der Waals surface area contributed by atoms with Gasteiger partial charge in [-0.3, -0.25) is 4.79 Å². The molecule has 0 bridgehead atoms. The van der Waals surface area contributed by atoms with Crippen LogP contribution in [0.3, 0.4) is 0 Å². The summed E-state index contributed by atoms with van der Waals surface area (Å²) in [4.78, 5) is 18.8. The van der Waals surface area contributed by atoms with Crippen LogP contribution in [-0.4, -0.2) is 28.0 Å². The monoisotopic (exact) mass is 300 g/mol. The molecule has 2 aliphatic carbocycles. The number of alkyl halides is 3. The first-order chi connectivity index (χ1) is 9.83. The molecule has 2 unspecified atom stereocenters. The maximum absolute atomic E-state index is 12.6. The van der Waals surface area contributed by atoms with Crippen molar-refractivity contribution in [1.82, 2.24) is 15.3 Å². The van der Waals surface area contributed by atoms with E-state index in [0.717, 1.165) is 25.6 Å². The zero-order chi connectivity index (χ0) is 15.3. The third-order valence-corrected chi connectivity index (χ3v) is 4.70. The molecule has 1 heterocycles. The molecule has 1 aromatic heterocycles. The minimum absolute atomic E-state index is 0.0600. The average molecular weight is 300 g/mol. The Morgan fingerprint density at radius 3 is 2.62 bits per heavy atom. The summed E-state index contributed by atoms with van der Waals surface area (Å²) < 4.78 is 37.7. The van der Waals surface area contributed by atoms with Crippen LogP contribution in [0.1, 0.15) is 41.9 Å². The number of carbonyl (C=O) groups is 1. The Morgan fingerprint density at radius 1 is 1.38 bits per heavy atom. The predicted octanol–water partition coefficient (Wildman–Crippen LogP) is 1.50. The Kier molecular flexibility index (Phi) is 3.16. The summed E-state index contributed by atoms with van der Waals surface area (Å²) in [5.74, 6) is -0.605. The van der Waals surface area contributed by atoms with Crippen LogP contribution in [0.5, 0.6) is 0 Å². The SMILES string of the molecule is NC1CC(NC(=O)c2cc(C(F)(F)F)ncn2)C12CCC2. The number of nitrogens with zero attached hydrogens (tertiary/aromatic N) is 2. The zero-order valence-electron chi connectivity index (χ0n) is 11.2. The summed E-state index contributed by atoms with van der Waals surface area (Å²) >= 11 is 0. The number of halogens is 3. The van der Waals surface area contributed by atoms with Gasteiger partial charge in [0.15, 0.2) is 0 Å². The predicted molar refractivity (Wildman–Crippen MR) is 67.2 cm³/mol. The zero-order valence-corrected chi connectivity index (χ0v) is 11.2. The number of nitrogens with two attached hydrogens (primary N) is 1. The topological polar surface area (TPSA) is 80.9 Å². The fourth-order valence-corrected chi connectivity index (χ4v) is 3.20. The Balaban J connectivity index is 1.72. The summed E-state index contributed by atoms with van der Waals surface area (Å²) in [7, 11) is 0. The van der Waals surface area contributed by atoms with Crippen LogP contribution in [0.25, 0.3) is 0 Å². The van der Waals surface area contributed by atoms with Crippen LogP contribution in [0.4, 0.5) is 13.2 Å². The van der Waals surface area contributed by atoms with Crippen LogP contribution in [0.2, 0.25) is 0 Å². The second-order valence-corrected chi connectivity index (χ2v) is 5.74. The van der Waals surface area contributed by atoms with Crippen LogP contribution < -0.4 is 11.1 Å². The highest BCUT2D eigenvalue weighted by Crippen LogP contribution is 2.55. The van der Waals surface area contributed by atoms with Crippen LogP contribution in [0, 0.1) is 5.41 Å². The van der Waals surface area contributed by atoms with E-state index in [-0.39, 0.29) is 23.2 Å². The molecular formula is C13H15F3N4O. The number of nitrogens with one attached hydrogen (secondary N) is 1. The largest absolute Gasteiger partial charge is 0.433 e. The van der Waals surface area contributed by atoms with Crippen LogP contribution >= 0.6 is 0 Å². The fraction of sp³-hybridized carbons (Fsp3) is 0.615. The van der Waals surface area contributed by atoms with Crippen molar-refractivity contribution in [2.75, 3.05) is 0 Å². The minimum Gasteiger partial charge on any atom is -0.347 e. The van der Waals surface area contributed by atoms with Gasteiger partial charge in [0.25, 0.3) is 5.91 Å². The summed E-state index contributed by atoms with van der Waals surface area (Å²) in [6, 6.07) is 0.659. The minimum atomic E-state index is -4.59. The molecule has 2 aliphatic rings. The lowest BCUT2D eigenvalue weighted by Crippen LogP contribution is -2.69. The van der Waals surface area contributed by atoms with Crippen molar-refractivity contribution >= 4 is 5.91 Å². The molecule has 2 atom stereocenters. The number of amides is 1. The molecule has 1 amide bonds. The molecule has 1 aromatic rings. The van der Waals surface area contributed by atoms with Gasteiger partial charge in [0.2, 0.25) is 0 Å². The van der Waals surface area contributed by atoms with Crippen LogP contribution in [-0.2, 0) is 6.18 Å². The van der Waals surface area contributed by atoms with Gasteiger partial charge in [-0.05, 0) is 19.3 Å². The molecule has 3 rings (SSSR count). The first-order valence-electron chi connectivity index (χ1n) is 6.78. The van der Waals surface area contributed by atoms with Gasteiger partial charge in [-0.2, -0.15) is 13.2 Å². The van der Waals surface area contributed by atoms with E-state index >= 15 is 0 Å². The first-order valence-corrected chi connectivity index (χ1v) is 6.78. The average Bonchev–Trinajstić information content (AvgIpc) is 2.35. The van der Waals surface area contributed by atoms with Crippen molar-refractivity contribution in [3.8, 4) is 0 Å². The molecule has 0 aromatic carbocycles. The van der Waals surface area contributed by atoms with E-state index in [1.165, 1.54) is 0 Å². The van der Waals surface area contributed by atoms with Crippen LogP contribution in [0.15, 0.2) is 12.4 Å². The van der Waals surface area contributed by atoms with Gasteiger partial charge in [-0.1, -0.05) is 6.42 Å². The number of hydrogen-bond acceptors (Lipinski definition) is 4. The van der Waals surface area contributed by atoms with Crippen molar-refractivity contribution in [3.05, 3.63) is 23.8 Å². The number of aromatic nitrogens is 2. The van der Waals surface area contributed by atoms with E-state index in [1.54, 1.807) is 0 Å². The number of carbonyl (C=O) groups excluding carboxylic acids is 1. The standard InChI is InChI=1S/C13H15F3N4O/c14-13(15,16)10-4-7(18-6-19-10)11(21)20-9-5-8(17)12(9)2-1-3-12/h4,6,8-9H,1-3,5,17H2,(H,20,21). The number of rotatable bonds is 2. The molecule has 2 saturated carbocycles. The van der Waals surface area contributed by atoms with Gasteiger partial charge >= 0.3 is 6.18 Å². The quantitative estimate of drug-likeness (QED) is 0.867. The molecule has 21 heavy (non-hydrogen) atoms. The van der Waals surface area contributed by atoms with Gasteiger partial charge in [0.05, 0.1) is 0 Å². The Bertz CT molecular complexity index is 571. The highest BCUT2D eigenvalue weighted by molar-refractivity contribution is 5.92. The second-order valence-electron chi connectivity index (χ2n) is 5.74. The van der Waals surface area contributed by atoms with E-state index in [2.05, 4.69) is 15.3 Å². The Morgan fingerprint density at radius 2 is 2.10 bits per heavy atom. The molecule has 0 saturated heterocycles. The van der Waals surface area contributed by atoms with Crippen molar-refractivity contribution < 1.29 is 18.0 Å². The molecular weight excluding hydrogens is 285 g/mol. The van der Waals surface area contributed by atoms with Gasteiger partial charge in [0, 0.05) is 23.6 Å². The highest BCUT2D eigenvalue weighted by Gasteiger charge is 2.57. The van der Waals surface area contributed by atoms with Crippen molar-refractivity contribution in [2.45, 2.75) is 43.9 Å². The Hall–Kier alpha value is -1.70. The molecule has 0 aliphatic heterocycles. The smallest absolute Gasteiger partial charge is 0.347 e. The molecule has 0 radical (unpaired) electrons. The van der Waals surface area contributed by atoms with E-state index in [4.69, 9.17) is 5.73 Å².